The molecule has 0 amide bonds. The molecule has 0 radical (unpaired) electrons. The first-order chi connectivity index (χ1) is 9.24. The SMILES string of the molecule is O=C(O)c1cccc(Oc2ncnc3ccsc23)c1. The third kappa shape index (κ3) is 2.25. The summed E-state index contributed by atoms with van der Waals surface area (Å²) in [5.74, 6) is -0.120. The normalized spacial score (nSPS) is 10.5. The van der Waals surface area contributed by atoms with Crippen molar-refractivity contribution in [2.24, 2.45) is 0 Å². The minimum absolute atomic E-state index is 0.175. The lowest BCUT2D eigenvalue weighted by Crippen LogP contribution is -1.96. The molecule has 1 aromatic carbocycles. The Labute approximate surface area is 112 Å². The maximum Gasteiger partial charge on any atom is 0.335 e. The summed E-state index contributed by atoms with van der Waals surface area (Å²) in [6, 6.07) is 8.17. The summed E-state index contributed by atoms with van der Waals surface area (Å²) in [5, 5.41) is 10.8. The van der Waals surface area contributed by atoms with Crippen LogP contribution in [0.4, 0.5) is 0 Å². The van der Waals surface area contributed by atoms with Crippen LogP contribution in [0.25, 0.3) is 10.2 Å². The second-order valence-electron chi connectivity index (χ2n) is 3.75. The Bertz CT molecular complexity index is 754. The van der Waals surface area contributed by atoms with Crippen molar-refractivity contribution in [2.75, 3.05) is 0 Å². The molecule has 2 heterocycles. The van der Waals surface area contributed by atoms with E-state index in [1.807, 2.05) is 11.4 Å². The molecule has 1 N–H and O–H groups in total. The van der Waals surface area contributed by atoms with Crippen molar-refractivity contribution >= 4 is 27.5 Å². The number of ether oxygens (including phenoxy) is 1. The zero-order valence-electron chi connectivity index (χ0n) is 9.61. The summed E-state index contributed by atoms with van der Waals surface area (Å²) in [6.07, 6.45) is 1.42. The highest BCUT2D eigenvalue weighted by Gasteiger charge is 2.09. The van der Waals surface area contributed by atoms with Gasteiger partial charge < -0.3 is 9.84 Å². The Kier molecular flexibility index (Phi) is 2.85. The van der Waals surface area contributed by atoms with Gasteiger partial charge in [0.05, 0.1) is 11.1 Å². The number of hydrogen-bond donors (Lipinski definition) is 1. The van der Waals surface area contributed by atoms with Gasteiger partial charge in [-0.25, -0.2) is 14.8 Å². The third-order valence-electron chi connectivity index (χ3n) is 2.51. The van der Waals surface area contributed by atoms with Crippen LogP contribution in [0.2, 0.25) is 0 Å². The van der Waals surface area contributed by atoms with Gasteiger partial charge in [-0.15, -0.1) is 11.3 Å². The lowest BCUT2D eigenvalue weighted by Gasteiger charge is -2.05. The van der Waals surface area contributed by atoms with Crippen LogP contribution in [0, 0.1) is 0 Å². The molecule has 19 heavy (non-hydrogen) atoms. The minimum atomic E-state index is -0.991. The number of fused-ring (bicyclic) bond motifs is 1. The highest BCUT2D eigenvalue weighted by molar-refractivity contribution is 7.17. The molecule has 0 bridgehead atoms. The maximum absolute atomic E-state index is 10.9. The fourth-order valence-corrected chi connectivity index (χ4v) is 2.41. The van der Waals surface area contributed by atoms with E-state index >= 15 is 0 Å². The monoisotopic (exact) mass is 272 g/mol. The first-order valence-corrected chi connectivity index (χ1v) is 6.31. The number of nitrogens with zero attached hydrogens (tertiary/aromatic N) is 2. The van der Waals surface area contributed by atoms with Gasteiger partial charge in [0.2, 0.25) is 5.88 Å². The Hall–Kier alpha value is -2.47. The van der Waals surface area contributed by atoms with Crippen LogP contribution >= 0.6 is 11.3 Å². The Morgan fingerprint density at radius 2 is 2.16 bits per heavy atom. The first-order valence-electron chi connectivity index (χ1n) is 5.43. The molecule has 0 saturated heterocycles. The number of rotatable bonds is 3. The lowest BCUT2D eigenvalue weighted by atomic mass is 10.2. The molecule has 94 valence electrons. The van der Waals surface area contributed by atoms with Gasteiger partial charge in [-0.1, -0.05) is 6.07 Å². The van der Waals surface area contributed by atoms with Crippen molar-refractivity contribution in [3.8, 4) is 11.6 Å². The molecular formula is C13H8N2O3S. The van der Waals surface area contributed by atoms with E-state index in [0.29, 0.717) is 11.6 Å². The number of carboxylic acids is 1. The van der Waals surface area contributed by atoms with Crippen LogP contribution in [0.3, 0.4) is 0 Å². The third-order valence-corrected chi connectivity index (χ3v) is 3.40. The summed E-state index contributed by atoms with van der Waals surface area (Å²) < 4.78 is 6.47. The van der Waals surface area contributed by atoms with Crippen LogP contribution in [0.15, 0.2) is 42.0 Å². The average molecular weight is 272 g/mol. The number of benzene rings is 1. The number of aromatic nitrogens is 2. The number of hydrogen-bond acceptors (Lipinski definition) is 5. The second kappa shape index (κ2) is 4.66. The fourth-order valence-electron chi connectivity index (χ4n) is 1.64. The highest BCUT2D eigenvalue weighted by atomic mass is 32.1. The molecule has 6 heteroatoms. The molecule has 0 fully saturated rings. The molecular weight excluding hydrogens is 264 g/mol. The number of thiophene rings is 1. The summed E-state index contributed by atoms with van der Waals surface area (Å²) in [5.41, 5.74) is 0.985. The molecule has 0 saturated carbocycles. The molecule has 0 unspecified atom stereocenters. The zero-order chi connectivity index (χ0) is 13.2. The maximum atomic E-state index is 10.9. The van der Waals surface area contributed by atoms with Crippen molar-refractivity contribution in [1.82, 2.24) is 9.97 Å². The Morgan fingerprint density at radius 1 is 1.26 bits per heavy atom. The zero-order valence-corrected chi connectivity index (χ0v) is 10.4. The van der Waals surface area contributed by atoms with Crippen molar-refractivity contribution in [1.29, 1.82) is 0 Å². The van der Waals surface area contributed by atoms with E-state index in [1.165, 1.54) is 29.8 Å². The van der Waals surface area contributed by atoms with E-state index in [-0.39, 0.29) is 5.56 Å². The van der Waals surface area contributed by atoms with E-state index < -0.39 is 5.97 Å². The summed E-state index contributed by atoms with van der Waals surface area (Å²) >= 11 is 1.48. The van der Waals surface area contributed by atoms with E-state index in [4.69, 9.17) is 9.84 Å². The van der Waals surface area contributed by atoms with Gasteiger partial charge >= 0.3 is 5.97 Å². The van der Waals surface area contributed by atoms with Gasteiger partial charge in [0.25, 0.3) is 0 Å². The van der Waals surface area contributed by atoms with E-state index in [1.54, 1.807) is 12.1 Å². The van der Waals surface area contributed by atoms with Gasteiger partial charge in [0, 0.05) is 0 Å². The quantitative estimate of drug-likeness (QED) is 0.792. The lowest BCUT2D eigenvalue weighted by molar-refractivity contribution is 0.0696. The summed E-state index contributed by atoms with van der Waals surface area (Å²) in [7, 11) is 0. The molecule has 0 spiro atoms. The minimum Gasteiger partial charge on any atom is -0.478 e. The largest absolute Gasteiger partial charge is 0.478 e. The van der Waals surface area contributed by atoms with Crippen LogP contribution in [0.1, 0.15) is 10.4 Å². The van der Waals surface area contributed by atoms with Gasteiger partial charge in [0.1, 0.15) is 16.8 Å². The van der Waals surface area contributed by atoms with Gasteiger partial charge in [-0.3, -0.25) is 0 Å². The number of carboxylic acid groups (broad SMARTS) is 1. The first kappa shape index (κ1) is 11.6. The molecule has 2 aromatic heterocycles. The average Bonchev–Trinajstić information content (AvgIpc) is 2.88. The van der Waals surface area contributed by atoms with E-state index in [9.17, 15) is 4.79 Å². The van der Waals surface area contributed by atoms with Crippen LogP contribution in [-0.4, -0.2) is 21.0 Å². The summed E-state index contributed by atoms with van der Waals surface area (Å²) in [4.78, 5) is 19.1. The topological polar surface area (TPSA) is 72.3 Å². The van der Waals surface area contributed by atoms with Crippen LogP contribution in [-0.2, 0) is 0 Å². The molecule has 0 aliphatic heterocycles. The van der Waals surface area contributed by atoms with Crippen LogP contribution in [0.5, 0.6) is 11.6 Å². The molecule has 0 atom stereocenters. The molecule has 0 aliphatic rings. The van der Waals surface area contributed by atoms with Gasteiger partial charge in [-0.05, 0) is 29.6 Å². The predicted octanol–water partition coefficient (Wildman–Crippen LogP) is 3.18. The van der Waals surface area contributed by atoms with Crippen molar-refractivity contribution < 1.29 is 14.6 Å². The molecule has 5 nitrogen and oxygen atoms in total. The summed E-state index contributed by atoms with van der Waals surface area (Å²) in [6.45, 7) is 0. The van der Waals surface area contributed by atoms with Crippen molar-refractivity contribution in [3.05, 3.63) is 47.6 Å². The second-order valence-corrected chi connectivity index (χ2v) is 4.66. The van der Waals surface area contributed by atoms with E-state index in [0.717, 1.165) is 10.2 Å². The van der Waals surface area contributed by atoms with Gasteiger partial charge in [-0.2, -0.15) is 0 Å². The smallest absolute Gasteiger partial charge is 0.335 e. The van der Waals surface area contributed by atoms with E-state index in [2.05, 4.69) is 9.97 Å². The Morgan fingerprint density at radius 3 is 3.00 bits per heavy atom. The molecule has 3 rings (SSSR count). The number of aromatic carboxylic acids is 1. The van der Waals surface area contributed by atoms with Gasteiger partial charge in [0.15, 0.2) is 0 Å². The predicted molar refractivity (Wildman–Crippen MR) is 70.9 cm³/mol. The van der Waals surface area contributed by atoms with Crippen molar-refractivity contribution in [3.63, 3.8) is 0 Å². The van der Waals surface area contributed by atoms with Crippen LogP contribution < -0.4 is 4.74 Å². The Balaban J connectivity index is 1.99. The molecule has 3 aromatic rings. The number of carbonyl (C=O) groups is 1. The van der Waals surface area contributed by atoms with Crippen molar-refractivity contribution in [2.45, 2.75) is 0 Å². The molecule has 0 aliphatic carbocycles. The standard InChI is InChI=1S/C13H8N2O3S/c16-13(17)8-2-1-3-9(6-8)18-12-11-10(4-5-19-11)14-7-15-12/h1-7H,(H,16,17). The fraction of sp³-hybridized carbons (Fsp3) is 0. The highest BCUT2D eigenvalue weighted by Crippen LogP contribution is 2.30.